The van der Waals surface area contributed by atoms with Gasteiger partial charge in [0.05, 0.1) is 19.1 Å². The number of methoxy groups -OCH3 is 1. The van der Waals surface area contributed by atoms with Crippen molar-refractivity contribution in [2.45, 2.75) is 37.5 Å². The molecular formula is C27H31Cl2N3O3S. The van der Waals surface area contributed by atoms with Crippen molar-refractivity contribution in [2.75, 3.05) is 30.9 Å². The van der Waals surface area contributed by atoms with E-state index in [1.807, 2.05) is 36.5 Å². The molecule has 36 heavy (non-hydrogen) atoms. The van der Waals surface area contributed by atoms with Crippen LogP contribution in [0.3, 0.4) is 0 Å². The molecular weight excluding hydrogens is 517 g/mol. The van der Waals surface area contributed by atoms with Crippen LogP contribution in [0.25, 0.3) is 10.9 Å². The molecule has 1 aliphatic rings. The van der Waals surface area contributed by atoms with Gasteiger partial charge in [-0.3, -0.25) is 9.59 Å². The van der Waals surface area contributed by atoms with Crippen LogP contribution in [0.4, 0.5) is 5.69 Å². The second-order valence-corrected chi connectivity index (χ2v) is 11.7. The van der Waals surface area contributed by atoms with E-state index in [0.29, 0.717) is 34.8 Å². The van der Waals surface area contributed by atoms with Gasteiger partial charge in [0.1, 0.15) is 4.75 Å². The van der Waals surface area contributed by atoms with E-state index < -0.39 is 10.8 Å². The first-order valence-corrected chi connectivity index (χ1v) is 13.8. The Balaban J connectivity index is 1.89. The highest BCUT2D eigenvalue weighted by Crippen LogP contribution is 2.53. The number of hydrogen-bond donors (Lipinski definition) is 2. The number of carbonyl (C=O) groups excluding carboxylic acids is 2. The molecule has 2 heterocycles. The van der Waals surface area contributed by atoms with Gasteiger partial charge in [-0.25, -0.2) is 0 Å². The summed E-state index contributed by atoms with van der Waals surface area (Å²) in [6, 6.07) is 12.3. The third-order valence-electron chi connectivity index (χ3n) is 6.47. The Labute approximate surface area is 226 Å². The molecule has 0 aliphatic carbocycles. The first-order valence-electron chi connectivity index (χ1n) is 12.0. The van der Waals surface area contributed by atoms with Gasteiger partial charge in [-0.2, -0.15) is 0 Å². The number of hydrogen-bond acceptors (Lipinski definition) is 4. The molecule has 192 valence electrons. The standard InChI is InChI=1S/C27H31Cl2N3O3S/c1-17(2)9-12-36-27(26(34)30-10-11-35-3)15-24(33)32(20-6-4-5-18(28)13-20)25(27)22-16-31-23-14-19(29)7-8-21(22)23/h4-8,13-14,16-17,25,31H,9-12,15H2,1-3H3,(H,30,34). The normalized spacial score (nSPS) is 20.0. The molecule has 0 radical (unpaired) electrons. The van der Waals surface area contributed by atoms with E-state index in [0.717, 1.165) is 28.6 Å². The molecule has 2 N–H and O–H groups in total. The molecule has 1 fully saturated rings. The van der Waals surface area contributed by atoms with E-state index in [1.165, 1.54) is 0 Å². The van der Waals surface area contributed by atoms with E-state index in [1.54, 1.807) is 35.9 Å². The number of carbonyl (C=O) groups is 2. The Hall–Kier alpha value is -2.19. The summed E-state index contributed by atoms with van der Waals surface area (Å²) < 4.78 is 4.12. The molecule has 3 aromatic rings. The van der Waals surface area contributed by atoms with Crippen LogP contribution in [0.15, 0.2) is 48.7 Å². The number of ether oxygens (including phenoxy) is 1. The Bertz CT molecular complexity index is 1250. The minimum absolute atomic E-state index is 0.0754. The zero-order valence-electron chi connectivity index (χ0n) is 20.6. The fraction of sp³-hybridized carbons (Fsp3) is 0.407. The number of benzene rings is 2. The number of halogens is 2. The Morgan fingerprint density at radius 3 is 2.75 bits per heavy atom. The molecule has 0 spiro atoms. The minimum atomic E-state index is -1.04. The lowest BCUT2D eigenvalue weighted by molar-refractivity contribution is -0.125. The van der Waals surface area contributed by atoms with Gasteiger partial charge in [-0.1, -0.05) is 49.2 Å². The summed E-state index contributed by atoms with van der Waals surface area (Å²) in [4.78, 5) is 32.8. The zero-order chi connectivity index (χ0) is 25.9. The summed E-state index contributed by atoms with van der Waals surface area (Å²) >= 11 is 14.1. The van der Waals surface area contributed by atoms with Crippen molar-refractivity contribution >= 4 is 63.4 Å². The third kappa shape index (κ3) is 5.40. The molecule has 2 aromatic carbocycles. The van der Waals surface area contributed by atoms with E-state index >= 15 is 0 Å². The van der Waals surface area contributed by atoms with Gasteiger partial charge in [-0.05, 0) is 48.4 Å². The van der Waals surface area contributed by atoms with Gasteiger partial charge in [0, 0.05) is 52.1 Å². The maximum Gasteiger partial charge on any atom is 0.239 e. The van der Waals surface area contributed by atoms with Gasteiger partial charge >= 0.3 is 0 Å². The summed E-state index contributed by atoms with van der Waals surface area (Å²) in [6.07, 6.45) is 2.90. The molecule has 1 aliphatic heterocycles. The summed E-state index contributed by atoms with van der Waals surface area (Å²) in [5, 5.41) is 5.10. The Morgan fingerprint density at radius 1 is 1.25 bits per heavy atom. The van der Waals surface area contributed by atoms with Crippen LogP contribution in [-0.4, -0.2) is 47.6 Å². The Kier molecular flexibility index (Phi) is 8.56. The molecule has 1 aromatic heterocycles. The summed E-state index contributed by atoms with van der Waals surface area (Å²) in [5.41, 5.74) is 2.38. The number of rotatable bonds is 10. The molecule has 9 heteroatoms. The molecule has 0 saturated carbocycles. The van der Waals surface area contributed by atoms with Crippen molar-refractivity contribution in [1.29, 1.82) is 0 Å². The third-order valence-corrected chi connectivity index (χ3v) is 8.45. The fourth-order valence-corrected chi connectivity index (χ4v) is 6.84. The number of aromatic nitrogens is 1. The lowest BCUT2D eigenvalue weighted by Gasteiger charge is -2.36. The van der Waals surface area contributed by atoms with E-state index in [-0.39, 0.29) is 18.2 Å². The van der Waals surface area contributed by atoms with Crippen molar-refractivity contribution in [2.24, 2.45) is 5.92 Å². The quantitative estimate of drug-likeness (QED) is 0.295. The van der Waals surface area contributed by atoms with E-state index in [2.05, 4.69) is 24.1 Å². The second kappa shape index (κ2) is 11.5. The first-order chi connectivity index (χ1) is 17.3. The van der Waals surface area contributed by atoms with Crippen LogP contribution in [0, 0.1) is 5.92 Å². The monoisotopic (exact) mass is 547 g/mol. The van der Waals surface area contributed by atoms with Crippen molar-refractivity contribution in [3.8, 4) is 0 Å². The number of anilines is 1. The van der Waals surface area contributed by atoms with Gasteiger partial charge < -0.3 is 19.9 Å². The summed E-state index contributed by atoms with van der Waals surface area (Å²) in [5.74, 6) is 0.932. The van der Waals surface area contributed by atoms with Crippen molar-refractivity contribution in [1.82, 2.24) is 10.3 Å². The van der Waals surface area contributed by atoms with Crippen LogP contribution >= 0.6 is 35.0 Å². The van der Waals surface area contributed by atoms with Crippen LogP contribution in [-0.2, 0) is 14.3 Å². The van der Waals surface area contributed by atoms with Gasteiger partial charge in [0.25, 0.3) is 0 Å². The smallest absolute Gasteiger partial charge is 0.239 e. The highest BCUT2D eigenvalue weighted by Gasteiger charge is 2.58. The SMILES string of the molecule is COCCNC(=O)C1(SCCC(C)C)CC(=O)N(c2cccc(Cl)c2)C1c1c[nH]c2cc(Cl)ccc12. The minimum Gasteiger partial charge on any atom is -0.383 e. The summed E-state index contributed by atoms with van der Waals surface area (Å²) in [7, 11) is 1.60. The fourth-order valence-electron chi connectivity index (χ4n) is 4.71. The topological polar surface area (TPSA) is 74.4 Å². The van der Waals surface area contributed by atoms with E-state index in [4.69, 9.17) is 27.9 Å². The van der Waals surface area contributed by atoms with Crippen molar-refractivity contribution < 1.29 is 14.3 Å². The van der Waals surface area contributed by atoms with Gasteiger partial charge in [0.2, 0.25) is 11.8 Å². The number of fused-ring (bicyclic) bond motifs is 1. The largest absolute Gasteiger partial charge is 0.383 e. The van der Waals surface area contributed by atoms with Crippen molar-refractivity contribution in [3.05, 3.63) is 64.3 Å². The number of nitrogens with zero attached hydrogens (tertiary/aromatic N) is 1. The molecule has 2 atom stereocenters. The average molecular weight is 549 g/mol. The van der Waals surface area contributed by atoms with Gasteiger partial charge in [0.15, 0.2) is 0 Å². The number of aromatic amines is 1. The first kappa shape index (κ1) is 26.9. The molecule has 6 nitrogen and oxygen atoms in total. The maximum atomic E-state index is 14.0. The van der Waals surface area contributed by atoms with Crippen LogP contribution < -0.4 is 10.2 Å². The zero-order valence-corrected chi connectivity index (χ0v) is 23.0. The average Bonchev–Trinajstić information content (AvgIpc) is 3.36. The highest BCUT2D eigenvalue weighted by molar-refractivity contribution is 8.01. The predicted octanol–water partition coefficient (Wildman–Crippen LogP) is 6.23. The van der Waals surface area contributed by atoms with Crippen LogP contribution in [0.5, 0.6) is 0 Å². The lowest BCUT2D eigenvalue weighted by Crippen LogP contribution is -2.49. The number of thioether (sulfide) groups is 1. The lowest BCUT2D eigenvalue weighted by atomic mass is 9.91. The van der Waals surface area contributed by atoms with Crippen LogP contribution in [0.2, 0.25) is 10.0 Å². The van der Waals surface area contributed by atoms with Gasteiger partial charge in [-0.15, -0.1) is 11.8 Å². The Morgan fingerprint density at radius 2 is 2.03 bits per heavy atom. The van der Waals surface area contributed by atoms with E-state index in [9.17, 15) is 9.59 Å². The molecule has 2 amide bonds. The number of H-pyrrole nitrogens is 1. The number of nitrogens with one attached hydrogen (secondary N) is 2. The maximum absolute atomic E-state index is 14.0. The molecule has 0 bridgehead atoms. The summed E-state index contributed by atoms with van der Waals surface area (Å²) in [6.45, 7) is 5.07. The van der Waals surface area contributed by atoms with Crippen molar-refractivity contribution in [3.63, 3.8) is 0 Å². The number of amides is 2. The second-order valence-electron chi connectivity index (χ2n) is 9.43. The molecule has 4 rings (SSSR count). The highest BCUT2D eigenvalue weighted by atomic mass is 35.5. The van der Waals surface area contributed by atoms with Crippen LogP contribution in [0.1, 0.15) is 38.3 Å². The molecule has 1 saturated heterocycles. The molecule has 2 unspecified atom stereocenters. The predicted molar refractivity (Wildman–Crippen MR) is 149 cm³/mol.